The Hall–Kier alpha value is -4.18. The van der Waals surface area contributed by atoms with Gasteiger partial charge in [0.25, 0.3) is 0 Å². The summed E-state index contributed by atoms with van der Waals surface area (Å²) in [5.74, 6) is -0.343. The number of nitrogens with zero attached hydrogens (tertiary/aromatic N) is 1. The lowest BCUT2D eigenvalue weighted by Gasteiger charge is -2.02. The van der Waals surface area contributed by atoms with Crippen LogP contribution in [0.3, 0.4) is 0 Å². The highest BCUT2D eigenvalue weighted by molar-refractivity contribution is 6.23. The Balaban J connectivity index is 1.52. The number of hydrogen-bond acceptors (Lipinski definition) is 3. The van der Waals surface area contributed by atoms with E-state index in [-0.39, 0.29) is 11.4 Å². The molecular formula is C28H16FNO2. The summed E-state index contributed by atoms with van der Waals surface area (Å²) in [7, 11) is 0. The average molecular weight is 420 g/mol. The van der Waals surface area contributed by atoms with E-state index in [9.17, 15) is 4.39 Å². The van der Waals surface area contributed by atoms with Crippen molar-refractivity contribution in [3.63, 3.8) is 0 Å². The van der Waals surface area contributed by atoms with E-state index in [1.54, 1.807) is 12.1 Å². The van der Waals surface area contributed by atoms with Crippen LogP contribution >= 0.6 is 0 Å². The van der Waals surface area contributed by atoms with Crippen molar-refractivity contribution in [1.82, 2.24) is 4.98 Å². The van der Waals surface area contributed by atoms with E-state index in [4.69, 9.17) is 12.9 Å². The molecular weight excluding hydrogens is 401 g/mol. The summed E-state index contributed by atoms with van der Waals surface area (Å²) in [5.41, 5.74) is 4.00. The molecule has 0 N–H and O–H groups in total. The number of aryl methyl sites for hydroxylation is 1. The van der Waals surface area contributed by atoms with Crippen molar-refractivity contribution in [2.45, 2.75) is 6.85 Å². The molecule has 0 aliphatic carbocycles. The average Bonchev–Trinajstić information content (AvgIpc) is 3.41. The van der Waals surface area contributed by atoms with Crippen molar-refractivity contribution in [2.24, 2.45) is 0 Å². The van der Waals surface area contributed by atoms with Gasteiger partial charge in [-0.15, -0.1) is 0 Å². The second-order valence-electron chi connectivity index (χ2n) is 7.94. The maximum Gasteiger partial charge on any atom is 0.144 e. The molecule has 7 aromatic rings. The molecule has 4 aromatic carbocycles. The van der Waals surface area contributed by atoms with E-state index < -0.39 is 6.85 Å². The summed E-state index contributed by atoms with van der Waals surface area (Å²) in [6, 6.07) is 21.4. The highest BCUT2D eigenvalue weighted by Crippen LogP contribution is 2.41. The maximum atomic E-state index is 13.8. The molecule has 3 aromatic heterocycles. The van der Waals surface area contributed by atoms with Gasteiger partial charge in [-0.3, -0.25) is 4.98 Å². The van der Waals surface area contributed by atoms with Crippen LogP contribution in [0.25, 0.3) is 65.9 Å². The van der Waals surface area contributed by atoms with Crippen molar-refractivity contribution < 1.29 is 17.3 Å². The van der Waals surface area contributed by atoms with Gasteiger partial charge in [0.1, 0.15) is 28.1 Å². The Bertz CT molecular complexity index is 1970. The van der Waals surface area contributed by atoms with Crippen LogP contribution in [0.1, 0.15) is 9.68 Å². The first-order valence-electron chi connectivity index (χ1n) is 11.7. The Morgan fingerprint density at radius 2 is 1.41 bits per heavy atom. The second kappa shape index (κ2) is 6.17. The van der Waals surface area contributed by atoms with E-state index >= 15 is 0 Å². The van der Waals surface area contributed by atoms with E-state index in [0.29, 0.717) is 28.0 Å². The molecule has 32 heavy (non-hydrogen) atoms. The van der Waals surface area contributed by atoms with Crippen LogP contribution in [0.5, 0.6) is 0 Å². The summed E-state index contributed by atoms with van der Waals surface area (Å²) in [6.07, 6.45) is 1.51. The lowest BCUT2D eigenvalue weighted by molar-refractivity contribution is 0.619. The van der Waals surface area contributed by atoms with Crippen LogP contribution in [-0.2, 0) is 0 Å². The van der Waals surface area contributed by atoms with Crippen LogP contribution in [0.15, 0.2) is 87.8 Å². The third kappa shape index (κ3) is 2.32. The Morgan fingerprint density at radius 1 is 0.719 bits per heavy atom. The van der Waals surface area contributed by atoms with Gasteiger partial charge in [-0.1, -0.05) is 12.1 Å². The molecule has 0 aliphatic rings. The topological polar surface area (TPSA) is 39.2 Å². The molecule has 0 bridgehead atoms. The van der Waals surface area contributed by atoms with Crippen LogP contribution in [0, 0.1) is 12.7 Å². The first-order chi connectivity index (χ1) is 16.9. The fraction of sp³-hybridized carbons (Fsp3) is 0.0357. The van der Waals surface area contributed by atoms with Gasteiger partial charge in [0.15, 0.2) is 0 Å². The van der Waals surface area contributed by atoms with Crippen molar-refractivity contribution in [2.75, 3.05) is 0 Å². The number of hydrogen-bond donors (Lipinski definition) is 0. The molecule has 4 heteroatoms. The number of pyridine rings is 1. The minimum absolute atomic E-state index is 0.227. The van der Waals surface area contributed by atoms with Gasteiger partial charge in [-0.25, -0.2) is 4.39 Å². The van der Waals surface area contributed by atoms with Crippen molar-refractivity contribution >= 4 is 54.6 Å². The zero-order valence-electron chi connectivity index (χ0n) is 19.6. The van der Waals surface area contributed by atoms with Crippen molar-refractivity contribution in [3.8, 4) is 11.3 Å². The summed E-state index contributed by atoms with van der Waals surface area (Å²) >= 11 is 0. The second-order valence-corrected chi connectivity index (χ2v) is 7.94. The predicted octanol–water partition coefficient (Wildman–Crippen LogP) is 8.15. The molecule has 0 atom stereocenters. The zero-order valence-corrected chi connectivity index (χ0v) is 16.6. The normalized spacial score (nSPS) is 13.8. The minimum atomic E-state index is -2.23. The van der Waals surface area contributed by atoms with Gasteiger partial charge in [-0.2, -0.15) is 0 Å². The number of furan rings is 2. The molecule has 0 saturated carbocycles. The van der Waals surface area contributed by atoms with Gasteiger partial charge in [0, 0.05) is 54.3 Å². The van der Waals surface area contributed by atoms with E-state index in [0.717, 1.165) is 37.9 Å². The molecule has 7 rings (SSSR count). The molecule has 3 heterocycles. The molecule has 0 spiro atoms. The monoisotopic (exact) mass is 420 g/mol. The fourth-order valence-corrected chi connectivity index (χ4v) is 4.65. The highest BCUT2D eigenvalue weighted by atomic mass is 19.1. The van der Waals surface area contributed by atoms with Gasteiger partial charge >= 0.3 is 0 Å². The van der Waals surface area contributed by atoms with E-state index in [1.807, 2.05) is 42.5 Å². The lowest BCUT2D eigenvalue weighted by Crippen LogP contribution is -1.84. The Labute approximate surface area is 185 Å². The van der Waals surface area contributed by atoms with Gasteiger partial charge in [0.05, 0.1) is 5.69 Å². The minimum Gasteiger partial charge on any atom is -0.455 e. The predicted molar refractivity (Wildman–Crippen MR) is 126 cm³/mol. The third-order valence-electron chi connectivity index (χ3n) is 6.09. The molecule has 0 radical (unpaired) electrons. The van der Waals surface area contributed by atoms with Gasteiger partial charge in [0.2, 0.25) is 0 Å². The molecule has 0 fully saturated rings. The molecule has 0 unspecified atom stereocenters. The maximum absolute atomic E-state index is 13.8. The van der Waals surface area contributed by atoms with Gasteiger partial charge in [-0.05, 0) is 67.0 Å². The lowest BCUT2D eigenvalue weighted by atomic mass is 10.0. The first kappa shape index (κ1) is 14.8. The highest BCUT2D eigenvalue weighted by Gasteiger charge is 2.17. The van der Waals surface area contributed by atoms with Crippen LogP contribution < -0.4 is 0 Å². The number of rotatable bonds is 1. The quantitative estimate of drug-likeness (QED) is 0.269. The van der Waals surface area contributed by atoms with E-state index in [1.165, 1.54) is 24.4 Å². The molecule has 0 amide bonds. The summed E-state index contributed by atoms with van der Waals surface area (Å²) < 4.78 is 49.5. The van der Waals surface area contributed by atoms with E-state index in [2.05, 4.69) is 4.98 Å². The smallest absolute Gasteiger partial charge is 0.144 e. The number of benzene rings is 4. The summed E-state index contributed by atoms with van der Waals surface area (Å²) in [5, 5.41) is 5.36. The Kier molecular flexibility index (Phi) is 2.85. The number of para-hydroxylation sites is 1. The first-order valence-corrected chi connectivity index (χ1v) is 10.2. The van der Waals surface area contributed by atoms with Crippen LogP contribution in [0.2, 0.25) is 0 Å². The molecule has 0 aliphatic heterocycles. The van der Waals surface area contributed by atoms with Crippen molar-refractivity contribution in [3.05, 3.63) is 90.4 Å². The molecule has 3 nitrogen and oxygen atoms in total. The van der Waals surface area contributed by atoms with Crippen molar-refractivity contribution in [1.29, 1.82) is 0 Å². The summed E-state index contributed by atoms with van der Waals surface area (Å²) in [6.45, 7) is -2.23. The largest absolute Gasteiger partial charge is 0.455 e. The number of aromatic nitrogens is 1. The molecule has 0 saturated heterocycles. The van der Waals surface area contributed by atoms with Crippen LogP contribution in [0.4, 0.5) is 4.39 Å². The van der Waals surface area contributed by atoms with Gasteiger partial charge < -0.3 is 8.83 Å². The van der Waals surface area contributed by atoms with Crippen LogP contribution in [-0.4, -0.2) is 4.98 Å². The number of halogens is 1. The zero-order chi connectivity index (χ0) is 23.9. The Morgan fingerprint density at radius 3 is 2.19 bits per heavy atom. The third-order valence-corrected chi connectivity index (χ3v) is 6.09. The summed E-state index contributed by atoms with van der Waals surface area (Å²) in [4.78, 5) is 4.42. The SMILES string of the molecule is [2H]C([2H])([2H])c1ccnc(-c2cccc3c2oc2c3ccc3c2ccc2c4ccc(F)cc4oc23)c1. The standard InChI is InChI=1S/C28H16FNO2/c1-15-11-12-30-24(13-15)23-4-2-3-18-20-9-10-21-22(27(20)32-28(18)23)8-7-19-17-6-5-16(29)14-25(17)31-26(19)21/h2-14H,1H3/i1D3. The molecule has 152 valence electrons. The fourth-order valence-electron chi connectivity index (χ4n) is 4.65. The number of fused-ring (bicyclic) bond motifs is 9.